The Balaban J connectivity index is 1.72. The van der Waals surface area contributed by atoms with Crippen molar-refractivity contribution in [1.82, 2.24) is 4.90 Å². The molecule has 1 fully saturated rings. The van der Waals surface area contributed by atoms with E-state index in [1.807, 2.05) is 31.2 Å². The number of nitrogens with zero attached hydrogens (tertiary/aromatic N) is 1. The van der Waals surface area contributed by atoms with Gasteiger partial charge in [0.2, 0.25) is 0 Å². The van der Waals surface area contributed by atoms with Gasteiger partial charge < -0.3 is 20.5 Å². The molecule has 1 aliphatic rings. The fraction of sp³-hybridized carbons (Fsp3) is 0.562. The molecule has 0 radical (unpaired) electrons. The molecule has 0 amide bonds. The van der Waals surface area contributed by atoms with Gasteiger partial charge in [-0.2, -0.15) is 0 Å². The summed E-state index contributed by atoms with van der Waals surface area (Å²) in [5.41, 5.74) is 5.90. The number of rotatable bonds is 6. The number of nitrogens with two attached hydrogens (primary N) is 1. The number of hydrogen-bond donors (Lipinski definition) is 2. The SMILES string of the molecule is CC1(O)CCCN(CCCOc2cccc(C(N)=S)c2)C1. The number of hydrogen-bond acceptors (Lipinski definition) is 4. The molecule has 5 heteroatoms. The van der Waals surface area contributed by atoms with Gasteiger partial charge >= 0.3 is 0 Å². The van der Waals surface area contributed by atoms with E-state index in [1.165, 1.54) is 0 Å². The maximum absolute atomic E-state index is 10.1. The Kier molecular flexibility index (Phi) is 5.56. The molecule has 0 bridgehead atoms. The van der Waals surface area contributed by atoms with Gasteiger partial charge in [-0.25, -0.2) is 0 Å². The van der Waals surface area contributed by atoms with Crippen LogP contribution in [0.2, 0.25) is 0 Å². The molecule has 4 nitrogen and oxygen atoms in total. The summed E-state index contributed by atoms with van der Waals surface area (Å²) in [6, 6.07) is 7.55. The molecule has 1 unspecified atom stereocenters. The van der Waals surface area contributed by atoms with E-state index in [1.54, 1.807) is 0 Å². The van der Waals surface area contributed by atoms with Gasteiger partial charge in [0.05, 0.1) is 12.2 Å². The minimum atomic E-state index is -0.537. The maximum atomic E-state index is 10.1. The quantitative estimate of drug-likeness (QED) is 0.621. The third-order valence-corrected chi connectivity index (χ3v) is 4.00. The highest BCUT2D eigenvalue weighted by atomic mass is 32.1. The van der Waals surface area contributed by atoms with Crippen LogP contribution in [0, 0.1) is 0 Å². The summed E-state index contributed by atoms with van der Waals surface area (Å²) >= 11 is 4.96. The van der Waals surface area contributed by atoms with E-state index in [-0.39, 0.29) is 0 Å². The van der Waals surface area contributed by atoms with Crippen LogP contribution in [0.15, 0.2) is 24.3 Å². The molecule has 1 aromatic rings. The van der Waals surface area contributed by atoms with Crippen LogP contribution in [0.3, 0.4) is 0 Å². The van der Waals surface area contributed by atoms with Crippen LogP contribution in [-0.2, 0) is 0 Å². The Hall–Kier alpha value is -1.17. The van der Waals surface area contributed by atoms with Crippen LogP contribution in [0.1, 0.15) is 31.7 Å². The zero-order valence-corrected chi connectivity index (χ0v) is 13.4. The Morgan fingerprint density at radius 1 is 1.52 bits per heavy atom. The first-order chi connectivity index (χ1) is 9.96. The zero-order chi connectivity index (χ0) is 15.3. The molecule has 0 spiro atoms. The van der Waals surface area contributed by atoms with Gasteiger partial charge in [-0.15, -0.1) is 0 Å². The first kappa shape index (κ1) is 16.2. The van der Waals surface area contributed by atoms with Crippen molar-refractivity contribution in [2.75, 3.05) is 26.2 Å². The lowest BCUT2D eigenvalue weighted by Gasteiger charge is -2.36. The summed E-state index contributed by atoms with van der Waals surface area (Å²) in [6.07, 6.45) is 2.89. The van der Waals surface area contributed by atoms with Crippen molar-refractivity contribution < 1.29 is 9.84 Å². The first-order valence-electron chi connectivity index (χ1n) is 7.44. The van der Waals surface area contributed by atoms with E-state index in [9.17, 15) is 5.11 Å². The highest BCUT2D eigenvalue weighted by Gasteiger charge is 2.27. The first-order valence-corrected chi connectivity index (χ1v) is 7.84. The molecule has 1 aromatic carbocycles. The zero-order valence-electron chi connectivity index (χ0n) is 12.5. The average Bonchev–Trinajstić information content (AvgIpc) is 2.43. The van der Waals surface area contributed by atoms with Gasteiger partial charge in [0.1, 0.15) is 10.7 Å². The maximum Gasteiger partial charge on any atom is 0.119 e. The number of β-amino-alcohol motifs (C(OH)–C–C–N with tert-alkyl or cyclic N) is 1. The van der Waals surface area contributed by atoms with E-state index in [2.05, 4.69) is 4.90 Å². The lowest BCUT2D eigenvalue weighted by atomic mass is 9.95. The van der Waals surface area contributed by atoms with Gasteiger partial charge in [-0.3, -0.25) is 0 Å². The Morgan fingerprint density at radius 3 is 3.05 bits per heavy atom. The summed E-state index contributed by atoms with van der Waals surface area (Å²) in [6.45, 7) is 5.33. The number of piperidine rings is 1. The van der Waals surface area contributed by atoms with Crippen LogP contribution in [0.25, 0.3) is 0 Å². The van der Waals surface area contributed by atoms with E-state index in [0.717, 1.165) is 50.2 Å². The summed E-state index contributed by atoms with van der Waals surface area (Å²) in [7, 11) is 0. The Bertz CT molecular complexity index is 491. The fourth-order valence-corrected chi connectivity index (χ4v) is 2.86. The van der Waals surface area contributed by atoms with Crippen molar-refractivity contribution in [1.29, 1.82) is 0 Å². The molecule has 0 aromatic heterocycles. The van der Waals surface area contributed by atoms with Crippen LogP contribution >= 0.6 is 12.2 Å². The molecule has 0 saturated carbocycles. The Labute approximate surface area is 131 Å². The molecule has 1 aliphatic heterocycles. The minimum absolute atomic E-state index is 0.385. The molecule has 1 heterocycles. The summed E-state index contributed by atoms with van der Waals surface area (Å²) in [4.78, 5) is 2.69. The minimum Gasteiger partial charge on any atom is -0.494 e. The topological polar surface area (TPSA) is 58.7 Å². The number of benzene rings is 1. The van der Waals surface area contributed by atoms with E-state index in [4.69, 9.17) is 22.7 Å². The second-order valence-corrected chi connectivity index (χ2v) is 6.41. The number of ether oxygens (including phenoxy) is 1. The van der Waals surface area contributed by atoms with E-state index < -0.39 is 5.60 Å². The predicted octanol–water partition coefficient (Wildman–Crippen LogP) is 1.94. The van der Waals surface area contributed by atoms with Crippen molar-refractivity contribution in [3.63, 3.8) is 0 Å². The van der Waals surface area contributed by atoms with Gasteiger partial charge in [0.25, 0.3) is 0 Å². The third-order valence-electron chi connectivity index (χ3n) is 3.76. The fourth-order valence-electron chi connectivity index (χ4n) is 2.73. The van der Waals surface area contributed by atoms with Crippen molar-refractivity contribution in [3.05, 3.63) is 29.8 Å². The molecule has 1 atom stereocenters. The smallest absolute Gasteiger partial charge is 0.119 e. The summed E-state index contributed by atoms with van der Waals surface area (Å²) in [5.74, 6) is 0.797. The Morgan fingerprint density at radius 2 is 2.33 bits per heavy atom. The van der Waals surface area contributed by atoms with Crippen LogP contribution in [0.5, 0.6) is 5.75 Å². The lowest BCUT2D eigenvalue weighted by molar-refractivity contribution is -0.0165. The van der Waals surface area contributed by atoms with Gasteiger partial charge in [0, 0.05) is 18.7 Å². The highest BCUT2D eigenvalue weighted by molar-refractivity contribution is 7.80. The predicted molar refractivity (Wildman–Crippen MR) is 88.7 cm³/mol. The van der Waals surface area contributed by atoms with Crippen LogP contribution in [0.4, 0.5) is 0 Å². The second-order valence-electron chi connectivity index (χ2n) is 5.97. The lowest BCUT2D eigenvalue weighted by Crippen LogP contribution is -2.46. The molecule has 21 heavy (non-hydrogen) atoms. The van der Waals surface area contributed by atoms with Crippen molar-refractivity contribution >= 4 is 17.2 Å². The summed E-state index contributed by atoms with van der Waals surface area (Å²) < 4.78 is 5.74. The van der Waals surface area contributed by atoms with E-state index in [0.29, 0.717) is 11.6 Å². The molecule has 0 aliphatic carbocycles. The van der Waals surface area contributed by atoms with Gasteiger partial charge in [-0.1, -0.05) is 24.4 Å². The van der Waals surface area contributed by atoms with E-state index >= 15 is 0 Å². The van der Waals surface area contributed by atoms with Crippen molar-refractivity contribution in [2.24, 2.45) is 5.73 Å². The molecular weight excluding hydrogens is 284 g/mol. The standard InChI is InChI=1S/C16H24N2O2S/c1-16(19)7-3-8-18(12-16)9-4-10-20-14-6-2-5-13(11-14)15(17)21/h2,5-6,11,19H,3-4,7-10,12H2,1H3,(H2,17,21). The number of thiocarbonyl (C=S) groups is 1. The normalized spacial score (nSPS) is 23.0. The van der Waals surface area contributed by atoms with Gasteiger partial charge in [0.15, 0.2) is 0 Å². The number of aliphatic hydroxyl groups is 1. The van der Waals surface area contributed by atoms with Crippen LogP contribution in [-0.4, -0.2) is 46.8 Å². The van der Waals surface area contributed by atoms with Crippen LogP contribution < -0.4 is 10.5 Å². The monoisotopic (exact) mass is 308 g/mol. The average molecular weight is 308 g/mol. The van der Waals surface area contributed by atoms with Gasteiger partial charge in [-0.05, 0) is 44.9 Å². The van der Waals surface area contributed by atoms with Crippen molar-refractivity contribution in [3.8, 4) is 5.75 Å². The summed E-state index contributed by atoms with van der Waals surface area (Å²) in [5, 5.41) is 10.1. The van der Waals surface area contributed by atoms with Crippen molar-refractivity contribution in [2.45, 2.75) is 31.8 Å². The highest BCUT2D eigenvalue weighted by Crippen LogP contribution is 2.20. The molecule has 1 saturated heterocycles. The third kappa shape index (κ3) is 5.26. The largest absolute Gasteiger partial charge is 0.494 e. The number of likely N-dealkylation sites (tertiary alicyclic amines) is 1. The molecular formula is C16H24N2O2S. The molecule has 116 valence electrons. The molecule has 2 rings (SSSR count). The second kappa shape index (κ2) is 7.20. The molecule has 3 N–H and O–H groups in total.